The summed E-state index contributed by atoms with van der Waals surface area (Å²) in [6, 6.07) is 9.00. The van der Waals surface area contributed by atoms with Crippen LogP contribution in [0.1, 0.15) is 23.0 Å². The van der Waals surface area contributed by atoms with Gasteiger partial charge in [-0.15, -0.1) is 0 Å². The standard InChI is InChI=1S/C16H19NO4/c1-11-5-6-13(8-12(11)2)21-10-16(19)17-9-14(18)15-4-3-7-20-15/h3-8,14,18H,9-10H2,1-2H3,(H,17,19). The van der Waals surface area contributed by atoms with E-state index >= 15 is 0 Å². The number of furan rings is 1. The van der Waals surface area contributed by atoms with Gasteiger partial charge < -0.3 is 19.6 Å². The van der Waals surface area contributed by atoms with E-state index in [1.54, 1.807) is 12.1 Å². The van der Waals surface area contributed by atoms with Gasteiger partial charge in [0.1, 0.15) is 17.6 Å². The van der Waals surface area contributed by atoms with Gasteiger partial charge in [0.2, 0.25) is 0 Å². The largest absolute Gasteiger partial charge is 0.484 e. The second-order valence-corrected chi connectivity index (χ2v) is 4.87. The van der Waals surface area contributed by atoms with E-state index in [4.69, 9.17) is 9.15 Å². The van der Waals surface area contributed by atoms with Gasteiger partial charge in [-0.2, -0.15) is 0 Å². The van der Waals surface area contributed by atoms with Crippen LogP contribution in [0.5, 0.6) is 5.75 Å². The number of benzene rings is 1. The Morgan fingerprint density at radius 3 is 2.81 bits per heavy atom. The summed E-state index contributed by atoms with van der Waals surface area (Å²) < 4.78 is 10.5. The van der Waals surface area contributed by atoms with Crippen LogP contribution in [0.3, 0.4) is 0 Å². The molecule has 21 heavy (non-hydrogen) atoms. The highest BCUT2D eigenvalue weighted by Gasteiger charge is 2.12. The first-order chi connectivity index (χ1) is 10.1. The number of ether oxygens (including phenoxy) is 1. The highest BCUT2D eigenvalue weighted by atomic mass is 16.5. The van der Waals surface area contributed by atoms with Gasteiger partial charge in [0.05, 0.1) is 12.8 Å². The predicted octanol–water partition coefficient (Wildman–Crippen LogP) is 2.13. The average molecular weight is 289 g/mol. The molecule has 0 aliphatic rings. The predicted molar refractivity (Wildman–Crippen MR) is 78.1 cm³/mol. The summed E-state index contributed by atoms with van der Waals surface area (Å²) >= 11 is 0. The van der Waals surface area contributed by atoms with E-state index in [0.29, 0.717) is 11.5 Å². The minimum atomic E-state index is -0.856. The van der Waals surface area contributed by atoms with Gasteiger partial charge in [-0.25, -0.2) is 0 Å². The van der Waals surface area contributed by atoms with Crippen LogP contribution in [-0.2, 0) is 4.79 Å². The smallest absolute Gasteiger partial charge is 0.258 e. The molecule has 0 saturated heterocycles. The first-order valence-corrected chi connectivity index (χ1v) is 6.74. The van der Waals surface area contributed by atoms with Crippen LogP contribution in [0.2, 0.25) is 0 Å². The third-order valence-electron chi connectivity index (χ3n) is 3.21. The number of aliphatic hydroxyl groups excluding tert-OH is 1. The highest BCUT2D eigenvalue weighted by molar-refractivity contribution is 5.77. The van der Waals surface area contributed by atoms with Crippen molar-refractivity contribution in [2.45, 2.75) is 20.0 Å². The molecule has 5 nitrogen and oxygen atoms in total. The molecule has 0 spiro atoms. The van der Waals surface area contributed by atoms with Gasteiger partial charge in [-0.1, -0.05) is 6.07 Å². The topological polar surface area (TPSA) is 71.7 Å². The molecule has 1 aromatic carbocycles. The van der Waals surface area contributed by atoms with Crippen molar-refractivity contribution in [3.63, 3.8) is 0 Å². The van der Waals surface area contributed by atoms with Crippen LogP contribution in [0, 0.1) is 13.8 Å². The number of hydrogen-bond acceptors (Lipinski definition) is 4. The Bertz CT molecular complexity index is 592. The number of aliphatic hydroxyl groups is 1. The van der Waals surface area contributed by atoms with Crippen LogP contribution in [-0.4, -0.2) is 24.2 Å². The second-order valence-electron chi connectivity index (χ2n) is 4.87. The Morgan fingerprint density at radius 2 is 2.14 bits per heavy atom. The highest BCUT2D eigenvalue weighted by Crippen LogP contribution is 2.16. The van der Waals surface area contributed by atoms with Gasteiger partial charge >= 0.3 is 0 Å². The summed E-state index contributed by atoms with van der Waals surface area (Å²) in [5, 5.41) is 12.4. The molecule has 112 valence electrons. The summed E-state index contributed by atoms with van der Waals surface area (Å²) in [4.78, 5) is 11.7. The molecule has 2 rings (SSSR count). The number of aryl methyl sites for hydroxylation is 2. The van der Waals surface area contributed by atoms with E-state index < -0.39 is 6.10 Å². The van der Waals surface area contributed by atoms with Crippen LogP contribution in [0.25, 0.3) is 0 Å². The van der Waals surface area contributed by atoms with E-state index in [1.807, 2.05) is 32.0 Å². The summed E-state index contributed by atoms with van der Waals surface area (Å²) in [6.45, 7) is 4.00. The Morgan fingerprint density at radius 1 is 1.33 bits per heavy atom. The molecule has 1 unspecified atom stereocenters. The summed E-state index contributed by atoms with van der Waals surface area (Å²) in [6.07, 6.45) is 0.619. The SMILES string of the molecule is Cc1ccc(OCC(=O)NCC(O)c2ccco2)cc1C. The zero-order valence-electron chi connectivity index (χ0n) is 12.1. The third-order valence-corrected chi connectivity index (χ3v) is 3.21. The van der Waals surface area contributed by atoms with E-state index in [2.05, 4.69) is 5.32 Å². The zero-order valence-corrected chi connectivity index (χ0v) is 12.1. The maximum atomic E-state index is 11.7. The first kappa shape index (κ1) is 15.1. The molecule has 1 aromatic heterocycles. The number of carbonyl (C=O) groups excluding carboxylic acids is 1. The average Bonchev–Trinajstić information content (AvgIpc) is 3.00. The Labute approximate surface area is 123 Å². The first-order valence-electron chi connectivity index (χ1n) is 6.74. The lowest BCUT2D eigenvalue weighted by molar-refractivity contribution is -0.123. The fourth-order valence-corrected chi connectivity index (χ4v) is 1.80. The second kappa shape index (κ2) is 6.95. The molecule has 2 N–H and O–H groups in total. The minimum absolute atomic E-state index is 0.0859. The molecule has 0 bridgehead atoms. The maximum absolute atomic E-state index is 11.7. The molecule has 5 heteroatoms. The molecule has 2 aromatic rings. The van der Waals surface area contributed by atoms with Crippen molar-refractivity contribution in [1.29, 1.82) is 0 Å². The van der Waals surface area contributed by atoms with Crippen molar-refractivity contribution in [2.75, 3.05) is 13.2 Å². The molecule has 0 aliphatic heterocycles. The van der Waals surface area contributed by atoms with Gasteiger partial charge in [0, 0.05) is 0 Å². The normalized spacial score (nSPS) is 12.0. The molecular weight excluding hydrogens is 270 g/mol. The van der Waals surface area contributed by atoms with E-state index in [9.17, 15) is 9.90 Å². The van der Waals surface area contributed by atoms with Crippen LogP contribution < -0.4 is 10.1 Å². The van der Waals surface area contributed by atoms with Crippen LogP contribution in [0.4, 0.5) is 0 Å². The minimum Gasteiger partial charge on any atom is -0.484 e. The molecule has 0 aliphatic carbocycles. The summed E-state index contributed by atoms with van der Waals surface area (Å²) in [5.41, 5.74) is 2.29. The van der Waals surface area contributed by atoms with Crippen LogP contribution >= 0.6 is 0 Å². The van der Waals surface area contributed by atoms with E-state index in [-0.39, 0.29) is 19.1 Å². The lowest BCUT2D eigenvalue weighted by Gasteiger charge is -2.11. The van der Waals surface area contributed by atoms with Crippen molar-refractivity contribution in [1.82, 2.24) is 5.32 Å². The Balaban J connectivity index is 1.75. The van der Waals surface area contributed by atoms with Crippen LogP contribution in [0.15, 0.2) is 41.0 Å². The Kier molecular flexibility index (Phi) is 5.00. The number of rotatable bonds is 6. The molecule has 1 amide bonds. The van der Waals surface area contributed by atoms with E-state index in [1.165, 1.54) is 11.8 Å². The van der Waals surface area contributed by atoms with Gasteiger partial charge in [0.25, 0.3) is 5.91 Å². The van der Waals surface area contributed by atoms with Crippen molar-refractivity contribution in [2.24, 2.45) is 0 Å². The van der Waals surface area contributed by atoms with Gasteiger partial charge in [0.15, 0.2) is 6.61 Å². The maximum Gasteiger partial charge on any atom is 0.258 e. The monoisotopic (exact) mass is 289 g/mol. The number of carbonyl (C=O) groups is 1. The Hall–Kier alpha value is -2.27. The van der Waals surface area contributed by atoms with Gasteiger partial charge in [-0.3, -0.25) is 4.79 Å². The lowest BCUT2D eigenvalue weighted by Crippen LogP contribution is -2.32. The molecular formula is C16H19NO4. The molecule has 1 heterocycles. The fourth-order valence-electron chi connectivity index (χ4n) is 1.80. The molecule has 0 saturated carbocycles. The van der Waals surface area contributed by atoms with E-state index in [0.717, 1.165) is 5.56 Å². The van der Waals surface area contributed by atoms with Gasteiger partial charge in [-0.05, 0) is 49.2 Å². The summed E-state index contributed by atoms with van der Waals surface area (Å²) in [7, 11) is 0. The summed E-state index contributed by atoms with van der Waals surface area (Å²) in [5.74, 6) is 0.782. The quantitative estimate of drug-likeness (QED) is 0.854. The van der Waals surface area contributed by atoms with Crippen molar-refractivity contribution in [3.8, 4) is 5.75 Å². The molecule has 1 atom stereocenters. The number of nitrogens with one attached hydrogen (secondary N) is 1. The van der Waals surface area contributed by atoms with Crippen molar-refractivity contribution >= 4 is 5.91 Å². The zero-order chi connectivity index (χ0) is 15.2. The van der Waals surface area contributed by atoms with Crippen molar-refractivity contribution in [3.05, 3.63) is 53.5 Å². The lowest BCUT2D eigenvalue weighted by atomic mass is 10.1. The van der Waals surface area contributed by atoms with Crippen molar-refractivity contribution < 1.29 is 19.1 Å². The number of hydrogen-bond donors (Lipinski definition) is 2. The molecule has 0 fully saturated rings. The fraction of sp³-hybridized carbons (Fsp3) is 0.312. The third kappa shape index (κ3) is 4.36. The number of amides is 1. The molecule has 0 radical (unpaired) electrons.